The molecule has 26 heavy (non-hydrogen) atoms. The van der Waals surface area contributed by atoms with E-state index in [2.05, 4.69) is 58.8 Å². The van der Waals surface area contributed by atoms with Gasteiger partial charge in [0.1, 0.15) is 18.9 Å². The standard InChI is InChI=1S/C21H23N3O2/c1-15-4-2-6-21-22-17(14-24(15)21)13-23-9-3-5-18(23)16-7-8-19-20(12-16)26-11-10-25-19/h2,4,6-8,12,14,18H,3,5,9-11,13H2,1H3. The molecule has 0 spiro atoms. The number of benzene rings is 1. The summed E-state index contributed by atoms with van der Waals surface area (Å²) in [4.78, 5) is 7.34. The van der Waals surface area contributed by atoms with E-state index in [1.807, 2.05) is 0 Å². The summed E-state index contributed by atoms with van der Waals surface area (Å²) in [7, 11) is 0. The molecule has 0 aliphatic carbocycles. The van der Waals surface area contributed by atoms with Gasteiger partial charge in [0.15, 0.2) is 11.5 Å². The zero-order chi connectivity index (χ0) is 17.5. The van der Waals surface area contributed by atoms with Gasteiger partial charge in [-0.05, 0) is 56.1 Å². The van der Waals surface area contributed by atoms with E-state index in [9.17, 15) is 0 Å². The third-order valence-corrected chi connectivity index (χ3v) is 5.43. The maximum atomic E-state index is 5.77. The summed E-state index contributed by atoms with van der Waals surface area (Å²) in [6, 6.07) is 13.1. The third-order valence-electron chi connectivity index (χ3n) is 5.43. The highest BCUT2D eigenvalue weighted by molar-refractivity contribution is 5.45. The fraction of sp³-hybridized carbons (Fsp3) is 0.381. The molecule has 0 N–H and O–H groups in total. The van der Waals surface area contributed by atoms with Crippen LogP contribution in [0.5, 0.6) is 11.5 Å². The lowest BCUT2D eigenvalue weighted by Gasteiger charge is -2.26. The third kappa shape index (κ3) is 2.72. The molecule has 0 saturated carbocycles. The van der Waals surface area contributed by atoms with E-state index in [1.54, 1.807) is 0 Å². The lowest BCUT2D eigenvalue weighted by Crippen LogP contribution is -2.23. The van der Waals surface area contributed by atoms with Crippen LogP contribution in [0.25, 0.3) is 5.65 Å². The van der Waals surface area contributed by atoms with E-state index in [0.717, 1.165) is 35.9 Å². The smallest absolute Gasteiger partial charge is 0.161 e. The average Bonchev–Trinajstić information content (AvgIpc) is 3.29. The zero-order valence-electron chi connectivity index (χ0n) is 15.0. The molecule has 5 rings (SSSR count). The van der Waals surface area contributed by atoms with Crippen molar-refractivity contribution >= 4 is 5.65 Å². The van der Waals surface area contributed by atoms with E-state index in [-0.39, 0.29) is 0 Å². The number of aromatic nitrogens is 2. The first-order chi connectivity index (χ1) is 12.8. The van der Waals surface area contributed by atoms with Crippen LogP contribution in [0.4, 0.5) is 0 Å². The van der Waals surface area contributed by atoms with E-state index in [4.69, 9.17) is 14.5 Å². The number of imidazole rings is 1. The van der Waals surface area contributed by atoms with E-state index < -0.39 is 0 Å². The van der Waals surface area contributed by atoms with Gasteiger partial charge in [-0.25, -0.2) is 4.98 Å². The van der Waals surface area contributed by atoms with Crippen molar-refractivity contribution in [3.63, 3.8) is 0 Å². The summed E-state index contributed by atoms with van der Waals surface area (Å²) in [6.07, 6.45) is 4.56. The molecule has 3 aromatic rings. The van der Waals surface area contributed by atoms with Gasteiger partial charge in [-0.15, -0.1) is 0 Å². The molecule has 1 aromatic carbocycles. The van der Waals surface area contributed by atoms with Crippen LogP contribution < -0.4 is 9.47 Å². The Hall–Kier alpha value is -2.53. The lowest BCUT2D eigenvalue weighted by atomic mass is 10.0. The highest BCUT2D eigenvalue weighted by Crippen LogP contribution is 2.38. The first kappa shape index (κ1) is 15.7. The van der Waals surface area contributed by atoms with Crippen molar-refractivity contribution in [2.75, 3.05) is 19.8 Å². The first-order valence-corrected chi connectivity index (χ1v) is 9.35. The molecule has 1 unspecified atom stereocenters. The summed E-state index contributed by atoms with van der Waals surface area (Å²) >= 11 is 0. The number of fused-ring (bicyclic) bond motifs is 2. The Bertz CT molecular complexity index is 950. The number of hydrogen-bond donors (Lipinski definition) is 0. The van der Waals surface area contributed by atoms with Gasteiger partial charge in [-0.1, -0.05) is 12.1 Å². The lowest BCUT2D eigenvalue weighted by molar-refractivity contribution is 0.170. The largest absolute Gasteiger partial charge is 0.486 e. The predicted molar refractivity (Wildman–Crippen MR) is 99.7 cm³/mol. The van der Waals surface area contributed by atoms with Crippen molar-refractivity contribution in [3.8, 4) is 11.5 Å². The Morgan fingerprint density at radius 1 is 1.12 bits per heavy atom. The Balaban J connectivity index is 1.40. The first-order valence-electron chi connectivity index (χ1n) is 9.35. The Morgan fingerprint density at radius 3 is 2.88 bits per heavy atom. The molecule has 4 heterocycles. The van der Waals surface area contributed by atoms with Crippen molar-refractivity contribution < 1.29 is 9.47 Å². The molecule has 1 atom stereocenters. The van der Waals surface area contributed by atoms with Crippen molar-refractivity contribution in [1.82, 2.24) is 14.3 Å². The number of nitrogens with zero attached hydrogens (tertiary/aromatic N) is 3. The van der Waals surface area contributed by atoms with Crippen LogP contribution in [0.15, 0.2) is 42.6 Å². The minimum absolute atomic E-state index is 0.414. The fourth-order valence-corrected chi connectivity index (χ4v) is 4.14. The zero-order valence-corrected chi connectivity index (χ0v) is 15.0. The normalized spacial score (nSPS) is 20.0. The summed E-state index contributed by atoms with van der Waals surface area (Å²) in [5.74, 6) is 1.74. The predicted octanol–water partition coefficient (Wildman–Crippen LogP) is 3.75. The van der Waals surface area contributed by atoms with Crippen molar-refractivity contribution in [2.45, 2.75) is 32.4 Å². The topological polar surface area (TPSA) is 39.0 Å². The van der Waals surface area contributed by atoms with Crippen LogP contribution >= 0.6 is 0 Å². The van der Waals surface area contributed by atoms with Gasteiger partial charge in [0, 0.05) is 24.5 Å². The van der Waals surface area contributed by atoms with Gasteiger partial charge in [0.25, 0.3) is 0 Å². The molecule has 0 radical (unpaired) electrons. The molecule has 2 aromatic heterocycles. The van der Waals surface area contributed by atoms with Crippen LogP contribution in [-0.4, -0.2) is 34.0 Å². The summed E-state index contributed by atoms with van der Waals surface area (Å²) in [5.41, 5.74) is 4.68. The Labute approximate surface area is 153 Å². The van der Waals surface area contributed by atoms with Gasteiger partial charge >= 0.3 is 0 Å². The van der Waals surface area contributed by atoms with Crippen LogP contribution in [-0.2, 0) is 6.54 Å². The second-order valence-corrected chi connectivity index (χ2v) is 7.16. The molecule has 1 saturated heterocycles. The van der Waals surface area contributed by atoms with E-state index >= 15 is 0 Å². The van der Waals surface area contributed by atoms with Gasteiger partial charge in [-0.3, -0.25) is 4.90 Å². The number of rotatable bonds is 3. The number of aryl methyl sites for hydroxylation is 1. The molecule has 1 fully saturated rings. The quantitative estimate of drug-likeness (QED) is 0.722. The molecule has 5 nitrogen and oxygen atoms in total. The monoisotopic (exact) mass is 349 g/mol. The van der Waals surface area contributed by atoms with Gasteiger partial charge in [-0.2, -0.15) is 0 Å². The van der Waals surface area contributed by atoms with E-state index in [1.165, 1.54) is 24.1 Å². The summed E-state index contributed by atoms with van der Waals surface area (Å²) < 4.78 is 13.6. The van der Waals surface area contributed by atoms with Crippen LogP contribution in [0.2, 0.25) is 0 Å². The number of ether oxygens (including phenoxy) is 2. The Morgan fingerprint density at radius 2 is 2.00 bits per heavy atom. The van der Waals surface area contributed by atoms with Gasteiger partial charge in [0.2, 0.25) is 0 Å². The van der Waals surface area contributed by atoms with Crippen molar-refractivity contribution in [2.24, 2.45) is 0 Å². The number of likely N-dealkylation sites (tertiary alicyclic amines) is 1. The molecule has 2 aliphatic rings. The highest BCUT2D eigenvalue weighted by Gasteiger charge is 2.28. The molecule has 5 heteroatoms. The molecule has 2 aliphatic heterocycles. The van der Waals surface area contributed by atoms with Crippen molar-refractivity contribution in [3.05, 3.63) is 59.5 Å². The SMILES string of the molecule is Cc1cccc2nc(CN3CCCC3c3ccc4c(c3)OCCO4)cn12. The van der Waals surface area contributed by atoms with Crippen LogP contribution in [0, 0.1) is 6.92 Å². The van der Waals surface area contributed by atoms with Crippen molar-refractivity contribution in [1.29, 1.82) is 0 Å². The maximum absolute atomic E-state index is 5.77. The Kier molecular flexibility index (Phi) is 3.82. The second-order valence-electron chi connectivity index (χ2n) is 7.16. The van der Waals surface area contributed by atoms with Crippen LogP contribution in [0.3, 0.4) is 0 Å². The highest BCUT2D eigenvalue weighted by atomic mass is 16.6. The van der Waals surface area contributed by atoms with Crippen LogP contribution in [0.1, 0.15) is 35.8 Å². The number of pyridine rings is 1. The second kappa shape index (κ2) is 6.32. The van der Waals surface area contributed by atoms with Gasteiger partial charge in [0.05, 0.1) is 5.69 Å². The minimum Gasteiger partial charge on any atom is -0.486 e. The summed E-state index contributed by atoms with van der Waals surface area (Å²) in [6.45, 7) is 5.36. The minimum atomic E-state index is 0.414. The van der Waals surface area contributed by atoms with E-state index in [0.29, 0.717) is 19.3 Å². The summed E-state index contributed by atoms with van der Waals surface area (Å²) in [5, 5.41) is 0. The molecule has 134 valence electrons. The van der Waals surface area contributed by atoms with Gasteiger partial charge < -0.3 is 13.9 Å². The number of hydrogen-bond acceptors (Lipinski definition) is 4. The average molecular weight is 349 g/mol. The molecule has 0 amide bonds. The molecule has 0 bridgehead atoms. The molecular formula is C21H23N3O2. The molecular weight excluding hydrogens is 326 g/mol. The fourth-order valence-electron chi connectivity index (χ4n) is 4.14. The maximum Gasteiger partial charge on any atom is 0.161 e.